The zero-order valence-electron chi connectivity index (χ0n) is 20.1. The predicted molar refractivity (Wildman–Crippen MR) is 144 cm³/mol. The van der Waals surface area contributed by atoms with Crippen LogP contribution in [0.3, 0.4) is 0 Å². The van der Waals surface area contributed by atoms with E-state index in [1.165, 1.54) is 5.56 Å². The van der Waals surface area contributed by atoms with Crippen molar-refractivity contribution in [1.82, 2.24) is 14.8 Å². The van der Waals surface area contributed by atoms with Crippen molar-refractivity contribution in [1.29, 1.82) is 0 Å². The SMILES string of the molecule is CCn1c(SCc2ccc(OCc3ccccc3)cc2)nnc1-c1ccccc1Oc1ccccc1. The quantitative estimate of drug-likeness (QED) is 0.187. The molecular formula is C30H27N3O2S. The van der Waals surface area contributed by atoms with Gasteiger partial charge in [0.25, 0.3) is 0 Å². The summed E-state index contributed by atoms with van der Waals surface area (Å²) < 4.78 is 14.2. The lowest BCUT2D eigenvalue weighted by Gasteiger charge is -2.12. The third kappa shape index (κ3) is 5.78. The van der Waals surface area contributed by atoms with E-state index in [9.17, 15) is 0 Å². The summed E-state index contributed by atoms with van der Waals surface area (Å²) >= 11 is 1.67. The van der Waals surface area contributed by atoms with E-state index in [-0.39, 0.29) is 0 Å². The van der Waals surface area contributed by atoms with Gasteiger partial charge in [-0.3, -0.25) is 0 Å². The lowest BCUT2D eigenvalue weighted by molar-refractivity contribution is 0.306. The first-order valence-corrected chi connectivity index (χ1v) is 12.9. The van der Waals surface area contributed by atoms with Crippen LogP contribution in [0.15, 0.2) is 114 Å². The molecule has 0 unspecified atom stereocenters. The second kappa shape index (κ2) is 11.6. The second-order valence-corrected chi connectivity index (χ2v) is 9.11. The Kier molecular flexibility index (Phi) is 7.64. The zero-order chi connectivity index (χ0) is 24.6. The van der Waals surface area contributed by atoms with Crippen molar-refractivity contribution in [2.75, 3.05) is 0 Å². The van der Waals surface area contributed by atoms with E-state index in [1.54, 1.807) is 11.8 Å². The lowest BCUT2D eigenvalue weighted by Crippen LogP contribution is -2.01. The van der Waals surface area contributed by atoms with Crippen LogP contribution in [0.1, 0.15) is 18.1 Å². The van der Waals surface area contributed by atoms with Gasteiger partial charge in [0.2, 0.25) is 0 Å². The van der Waals surface area contributed by atoms with E-state index in [0.717, 1.165) is 51.7 Å². The molecule has 1 heterocycles. The van der Waals surface area contributed by atoms with Crippen molar-refractivity contribution >= 4 is 11.8 Å². The minimum absolute atomic E-state index is 0.562. The van der Waals surface area contributed by atoms with Crippen LogP contribution in [-0.2, 0) is 18.9 Å². The minimum Gasteiger partial charge on any atom is -0.489 e. The average molecular weight is 494 g/mol. The Morgan fingerprint density at radius 2 is 1.39 bits per heavy atom. The molecule has 0 aliphatic rings. The molecule has 0 spiro atoms. The minimum atomic E-state index is 0.562. The van der Waals surface area contributed by atoms with Crippen molar-refractivity contribution in [3.63, 3.8) is 0 Å². The van der Waals surface area contributed by atoms with E-state index in [1.807, 2.05) is 84.9 Å². The monoisotopic (exact) mass is 493 g/mol. The molecule has 0 fully saturated rings. The standard InChI is InChI=1S/C30H27N3O2S/c1-2-33-29(27-15-9-10-16-28(27)35-26-13-7-4-8-14-26)31-32-30(33)36-22-24-17-19-25(20-18-24)34-21-23-11-5-3-6-12-23/h3-20H,2,21-22H2,1H3. The molecule has 5 rings (SSSR count). The number of hydrogen-bond acceptors (Lipinski definition) is 5. The van der Waals surface area contributed by atoms with Crippen LogP contribution in [0.5, 0.6) is 17.2 Å². The van der Waals surface area contributed by atoms with Gasteiger partial charge in [0, 0.05) is 12.3 Å². The number of thioether (sulfide) groups is 1. The fourth-order valence-electron chi connectivity index (χ4n) is 3.81. The largest absolute Gasteiger partial charge is 0.489 e. The van der Waals surface area contributed by atoms with Crippen molar-refractivity contribution < 1.29 is 9.47 Å². The van der Waals surface area contributed by atoms with Gasteiger partial charge in [0.05, 0.1) is 5.56 Å². The molecule has 180 valence electrons. The number of para-hydroxylation sites is 2. The molecule has 5 aromatic rings. The van der Waals surface area contributed by atoms with Gasteiger partial charge in [-0.1, -0.05) is 84.6 Å². The first-order chi connectivity index (χ1) is 17.8. The number of ether oxygens (including phenoxy) is 2. The Morgan fingerprint density at radius 3 is 2.14 bits per heavy atom. The van der Waals surface area contributed by atoms with Crippen molar-refractivity contribution in [2.45, 2.75) is 31.0 Å². The van der Waals surface area contributed by atoms with Crippen molar-refractivity contribution in [3.8, 4) is 28.6 Å². The Labute approximate surface area is 215 Å². The molecule has 0 N–H and O–H groups in total. The van der Waals surface area contributed by atoms with Gasteiger partial charge in [-0.2, -0.15) is 0 Å². The molecule has 0 saturated heterocycles. The number of benzene rings is 4. The normalized spacial score (nSPS) is 10.8. The first-order valence-electron chi connectivity index (χ1n) is 11.9. The fraction of sp³-hybridized carbons (Fsp3) is 0.133. The van der Waals surface area contributed by atoms with Crippen LogP contribution in [0.4, 0.5) is 0 Å². The molecule has 0 aliphatic carbocycles. The summed E-state index contributed by atoms with van der Waals surface area (Å²) in [5, 5.41) is 9.91. The number of rotatable bonds is 10. The maximum atomic E-state index is 6.16. The highest BCUT2D eigenvalue weighted by atomic mass is 32.2. The zero-order valence-corrected chi connectivity index (χ0v) is 20.9. The van der Waals surface area contributed by atoms with Gasteiger partial charge in [-0.15, -0.1) is 10.2 Å². The topological polar surface area (TPSA) is 49.2 Å². The van der Waals surface area contributed by atoms with Crippen LogP contribution >= 0.6 is 11.8 Å². The summed E-state index contributed by atoms with van der Waals surface area (Å²) in [5.74, 6) is 4.00. The molecule has 0 amide bonds. The van der Waals surface area contributed by atoms with E-state index < -0.39 is 0 Å². The highest BCUT2D eigenvalue weighted by Crippen LogP contribution is 2.34. The third-order valence-electron chi connectivity index (χ3n) is 5.67. The predicted octanol–water partition coefficient (Wildman–Crippen LogP) is 7.63. The highest BCUT2D eigenvalue weighted by Gasteiger charge is 2.17. The van der Waals surface area contributed by atoms with Crippen LogP contribution in [0.2, 0.25) is 0 Å². The van der Waals surface area contributed by atoms with Gasteiger partial charge in [-0.25, -0.2) is 0 Å². The Morgan fingerprint density at radius 1 is 0.694 bits per heavy atom. The summed E-state index contributed by atoms with van der Waals surface area (Å²) in [6, 6.07) is 36.2. The number of aromatic nitrogens is 3. The maximum absolute atomic E-state index is 6.16. The van der Waals surface area contributed by atoms with Crippen LogP contribution in [-0.4, -0.2) is 14.8 Å². The summed E-state index contributed by atoms with van der Waals surface area (Å²) in [5.41, 5.74) is 3.28. The molecule has 1 aromatic heterocycles. The van der Waals surface area contributed by atoms with E-state index in [4.69, 9.17) is 9.47 Å². The maximum Gasteiger partial charge on any atom is 0.191 e. The van der Waals surface area contributed by atoms with Gasteiger partial charge in [0.1, 0.15) is 23.9 Å². The van der Waals surface area contributed by atoms with Crippen molar-refractivity contribution in [3.05, 3.63) is 120 Å². The molecule has 0 bridgehead atoms. The summed E-state index contributed by atoms with van der Waals surface area (Å²) in [6.45, 7) is 3.43. The molecule has 6 heteroatoms. The average Bonchev–Trinajstić information content (AvgIpc) is 3.35. The number of hydrogen-bond donors (Lipinski definition) is 0. The molecule has 5 nitrogen and oxygen atoms in total. The summed E-state index contributed by atoms with van der Waals surface area (Å²) in [6.07, 6.45) is 0. The molecule has 0 saturated carbocycles. The first kappa shape index (κ1) is 23.7. The second-order valence-electron chi connectivity index (χ2n) is 8.17. The van der Waals surface area contributed by atoms with Gasteiger partial charge >= 0.3 is 0 Å². The van der Waals surface area contributed by atoms with Crippen LogP contribution in [0.25, 0.3) is 11.4 Å². The van der Waals surface area contributed by atoms with Gasteiger partial charge in [-0.05, 0) is 54.4 Å². The Balaban J connectivity index is 1.26. The van der Waals surface area contributed by atoms with Crippen LogP contribution in [0, 0.1) is 0 Å². The molecule has 0 radical (unpaired) electrons. The number of nitrogens with zero attached hydrogens (tertiary/aromatic N) is 3. The summed E-state index contributed by atoms with van der Waals surface area (Å²) in [7, 11) is 0. The molecular weight excluding hydrogens is 466 g/mol. The van der Waals surface area contributed by atoms with E-state index >= 15 is 0 Å². The Bertz CT molecular complexity index is 1390. The van der Waals surface area contributed by atoms with E-state index in [2.05, 4.69) is 46.0 Å². The van der Waals surface area contributed by atoms with Gasteiger partial charge < -0.3 is 14.0 Å². The Hall–Kier alpha value is -4.03. The smallest absolute Gasteiger partial charge is 0.191 e. The third-order valence-corrected chi connectivity index (χ3v) is 6.71. The summed E-state index contributed by atoms with van der Waals surface area (Å²) in [4.78, 5) is 0. The van der Waals surface area contributed by atoms with Gasteiger partial charge in [0.15, 0.2) is 11.0 Å². The lowest BCUT2D eigenvalue weighted by atomic mass is 10.2. The molecule has 0 atom stereocenters. The molecule has 0 aliphatic heterocycles. The fourth-order valence-corrected chi connectivity index (χ4v) is 4.76. The van der Waals surface area contributed by atoms with Crippen LogP contribution < -0.4 is 9.47 Å². The van der Waals surface area contributed by atoms with Crippen molar-refractivity contribution in [2.24, 2.45) is 0 Å². The molecule has 4 aromatic carbocycles. The molecule has 36 heavy (non-hydrogen) atoms. The van der Waals surface area contributed by atoms with E-state index in [0.29, 0.717) is 6.61 Å². The highest BCUT2D eigenvalue weighted by molar-refractivity contribution is 7.98.